The molecule has 0 fully saturated rings. The molecule has 6 heteroatoms. The van der Waals surface area contributed by atoms with Gasteiger partial charge in [-0.3, -0.25) is 4.72 Å². The van der Waals surface area contributed by atoms with Gasteiger partial charge in [-0.15, -0.1) is 0 Å². The number of benzene rings is 1. The first-order valence-corrected chi connectivity index (χ1v) is 8.03. The van der Waals surface area contributed by atoms with E-state index in [-0.39, 0.29) is 10.7 Å². The van der Waals surface area contributed by atoms with Gasteiger partial charge in [0.15, 0.2) is 0 Å². The number of anilines is 1. The lowest BCUT2D eigenvalue weighted by Gasteiger charge is -2.12. The third-order valence-electron chi connectivity index (χ3n) is 3.12. The Morgan fingerprint density at radius 2 is 1.81 bits per heavy atom. The van der Waals surface area contributed by atoms with E-state index in [0.29, 0.717) is 5.92 Å². The van der Waals surface area contributed by atoms with E-state index in [1.54, 1.807) is 13.1 Å². The van der Waals surface area contributed by atoms with Crippen molar-refractivity contribution in [1.29, 1.82) is 0 Å². The molecule has 0 spiro atoms. The maximum absolute atomic E-state index is 12.9. The highest BCUT2D eigenvalue weighted by Gasteiger charge is 2.16. The SMILES string of the molecule is Cc1cc(C(C)C)cnc1NS(=O)(=O)c1ccc(F)cc1. The minimum Gasteiger partial charge on any atom is -0.263 e. The molecule has 21 heavy (non-hydrogen) atoms. The van der Waals surface area contributed by atoms with Crippen LogP contribution in [0.5, 0.6) is 0 Å². The molecule has 0 aliphatic rings. The first kappa shape index (κ1) is 15.4. The Hall–Kier alpha value is -1.95. The summed E-state index contributed by atoms with van der Waals surface area (Å²) in [5, 5.41) is 0. The van der Waals surface area contributed by atoms with E-state index in [2.05, 4.69) is 9.71 Å². The Morgan fingerprint density at radius 1 is 1.19 bits per heavy atom. The molecule has 0 aliphatic carbocycles. The molecule has 1 aromatic heterocycles. The van der Waals surface area contributed by atoms with E-state index >= 15 is 0 Å². The zero-order valence-electron chi connectivity index (χ0n) is 12.1. The molecule has 112 valence electrons. The summed E-state index contributed by atoms with van der Waals surface area (Å²) >= 11 is 0. The summed E-state index contributed by atoms with van der Waals surface area (Å²) < 4.78 is 39.7. The molecule has 0 aliphatic heterocycles. The molecule has 0 saturated carbocycles. The van der Waals surface area contributed by atoms with Crippen LogP contribution in [0.4, 0.5) is 10.2 Å². The molecule has 0 amide bonds. The Bertz CT molecular complexity index is 741. The van der Waals surface area contributed by atoms with Crippen LogP contribution in [0.1, 0.15) is 30.9 Å². The summed E-state index contributed by atoms with van der Waals surface area (Å²) in [5.41, 5.74) is 1.78. The van der Waals surface area contributed by atoms with E-state index in [1.165, 1.54) is 12.1 Å². The third kappa shape index (κ3) is 3.58. The molecule has 2 aromatic rings. The van der Waals surface area contributed by atoms with Gasteiger partial charge in [0.1, 0.15) is 11.6 Å². The van der Waals surface area contributed by atoms with Crippen LogP contribution < -0.4 is 4.72 Å². The second kappa shape index (κ2) is 5.81. The van der Waals surface area contributed by atoms with Crippen molar-refractivity contribution in [2.24, 2.45) is 0 Å². The highest BCUT2D eigenvalue weighted by atomic mass is 32.2. The van der Waals surface area contributed by atoms with Gasteiger partial charge in [-0.05, 0) is 48.2 Å². The fourth-order valence-electron chi connectivity index (χ4n) is 1.82. The minimum atomic E-state index is -3.76. The van der Waals surface area contributed by atoms with Crippen molar-refractivity contribution in [3.63, 3.8) is 0 Å². The van der Waals surface area contributed by atoms with E-state index in [0.717, 1.165) is 23.3 Å². The molecule has 0 radical (unpaired) electrons. The minimum absolute atomic E-state index is 0.00182. The van der Waals surface area contributed by atoms with Crippen molar-refractivity contribution in [2.75, 3.05) is 4.72 Å². The standard InChI is InChI=1S/C15H17FN2O2S/c1-10(2)12-8-11(3)15(17-9-12)18-21(19,20)14-6-4-13(16)5-7-14/h4-10H,1-3H3,(H,17,18). The summed E-state index contributed by atoms with van der Waals surface area (Å²) in [4.78, 5) is 4.16. The Balaban J connectivity index is 2.30. The molecule has 0 atom stereocenters. The molecule has 1 N–H and O–H groups in total. The number of nitrogens with one attached hydrogen (secondary N) is 1. The Morgan fingerprint density at radius 3 is 2.33 bits per heavy atom. The number of sulfonamides is 1. The van der Waals surface area contributed by atoms with Crippen molar-refractivity contribution in [3.8, 4) is 0 Å². The summed E-state index contributed by atoms with van der Waals surface area (Å²) in [6.45, 7) is 5.87. The van der Waals surface area contributed by atoms with Gasteiger partial charge in [0.25, 0.3) is 10.0 Å². The zero-order valence-corrected chi connectivity index (χ0v) is 12.9. The van der Waals surface area contributed by atoms with Crippen molar-refractivity contribution in [3.05, 3.63) is 53.5 Å². The van der Waals surface area contributed by atoms with Crippen LogP contribution in [0.15, 0.2) is 41.4 Å². The van der Waals surface area contributed by atoms with Crippen molar-refractivity contribution in [1.82, 2.24) is 4.98 Å². The van der Waals surface area contributed by atoms with Crippen LogP contribution in [0.25, 0.3) is 0 Å². The molecule has 4 nitrogen and oxygen atoms in total. The molecule has 1 aromatic carbocycles. The maximum atomic E-state index is 12.9. The van der Waals surface area contributed by atoms with E-state index < -0.39 is 15.8 Å². The first-order chi connectivity index (χ1) is 9.79. The third-order valence-corrected chi connectivity index (χ3v) is 4.48. The molecule has 1 heterocycles. The van der Waals surface area contributed by atoms with Gasteiger partial charge in [0.2, 0.25) is 0 Å². The van der Waals surface area contributed by atoms with E-state index in [4.69, 9.17) is 0 Å². The van der Waals surface area contributed by atoms with Crippen LogP contribution in [0, 0.1) is 12.7 Å². The van der Waals surface area contributed by atoms with Crippen molar-refractivity contribution >= 4 is 15.8 Å². The fraction of sp³-hybridized carbons (Fsp3) is 0.267. The van der Waals surface area contributed by atoms with Gasteiger partial charge in [0, 0.05) is 6.20 Å². The lowest BCUT2D eigenvalue weighted by atomic mass is 10.0. The van der Waals surface area contributed by atoms with Crippen molar-refractivity contribution < 1.29 is 12.8 Å². The van der Waals surface area contributed by atoms with Gasteiger partial charge in [0.05, 0.1) is 4.90 Å². The van der Waals surface area contributed by atoms with Crippen LogP contribution in [0.3, 0.4) is 0 Å². The molecule has 0 unspecified atom stereocenters. The Labute approximate surface area is 124 Å². The van der Waals surface area contributed by atoms with Gasteiger partial charge in [-0.1, -0.05) is 19.9 Å². The van der Waals surface area contributed by atoms with Crippen LogP contribution >= 0.6 is 0 Å². The van der Waals surface area contributed by atoms with Gasteiger partial charge in [-0.2, -0.15) is 0 Å². The highest BCUT2D eigenvalue weighted by molar-refractivity contribution is 7.92. The molecule has 0 saturated heterocycles. The number of halogens is 1. The monoisotopic (exact) mass is 308 g/mol. The zero-order chi connectivity index (χ0) is 15.6. The van der Waals surface area contributed by atoms with E-state index in [9.17, 15) is 12.8 Å². The number of rotatable bonds is 4. The van der Waals surface area contributed by atoms with Crippen molar-refractivity contribution in [2.45, 2.75) is 31.6 Å². The number of nitrogens with zero attached hydrogens (tertiary/aromatic N) is 1. The van der Waals surface area contributed by atoms with Crippen LogP contribution in [-0.4, -0.2) is 13.4 Å². The first-order valence-electron chi connectivity index (χ1n) is 6.54. The average molecular weight is 308 g/mol. The average Bonchev–Trinajstić information content (AvgIpc) is 2.41. The normalized spacial score (nSPS) is 11.7. The second-order valence-corrected chi connectivity index (χ2v) is 6.83. The Kier molecular flexibility index (Phi) is 4.27. The van der Waals surface area contributed by atoms with Gasteiger partial charge in [-0.25, -0.2) is 17.8 Å². The number of hydrogen-bond acceptors (Lipinski definition) is 3. The number of aryl methyl sites for hydroxylation is 1. The van der Waals surface area contributed by atoms with Gasteiger partial charge < -0.3 is 0 Å². The quantitative estimate of drug-likeness (QED) is 0.941. The van der Waals surface area contributed by atoms with Crippen LogP contribution in [0.2, 0.25) is 0 Å². The van der Waals surface area contributed by atoms with E-state index in [1.807, 2.05) is 19.9 Å². The predicted octanol–water partition coefficient (Wildman–Crippen LogP) is 3.45. The molecule has 2 rings (SSSR count). The predicted molar refractivity (Wildman–Crippen MR) is 80.3 cm³/mol. The number of aromatic nitrogens is 1. The summed E-state index contributed by atoms with van der Waals surface area (Å²) in [7, 11) is -3.76. The second-order valence-electron chi connectivity index (χ2n) is 5.15. The highest BCUT2D eigenvalue weighted by Crippen LogP contribution is 2.21. The maximum Gasteiger partial charge on any atom is 0.263 e. The molecular weight excluding hydrogens is 291 g/mol. The number of pyridine rings is 1. The lowest BCUT2D eigenvalue weighted by Crippen LogP contribution is -2.15. The largest absolute Gasteiger partial charge is 0.263 e. The fourth-order valence-corrected chi connectivity index (χ4v) is 2.90. The summed E-state index contributed by atoms with van der Waals surface area (Å²) in [6.07, 6.45) is 1.65. The molecular formula is C15H17FN2O2S. The molecule has 0 bridgehead atoms. The van der Waals surface area contributed by atoms with Crippen LogP contribution in [-0.2, 0) is 10.0 Å². The lowest BCUT2D eigenvalue weighted by molar-refractivity contribution is 0.599. The summed E-state index contributed by atoms with van der Waals surface area (Å²) in [5.74, 6) is 0.118. The number of hydrogen-bond donors (Lipinski definition) is 1. The topological polar surface area (TPSA) is 59.1 Å². The smallest absolute Gasteiger partial charge is 0.263 e. The van der Waals surface area contributed by atoms with Gasteiger partial charge >= 0.3 is 0 Å². The summed E-state index contributed by atoms with van der Waals surface area (Å²) in [6, 6.07) is 6.55.